The van der Waals surface area contributed by atoms with Crippen LogP contribution in [0.25, 0.3) is 10.9 Å². The van der Waals surface area contributed by atoms with Crippen molar-refractivity contribution < 1.29 is 9.59 Å². The molecule has 1 aromatic carbocycles. The molecule has 0 radical (unpaired) electrons. The van der Waals surface area contributed by atoms with Crippen molar-refractivity contribution >= 4 is 28.4 Å². The maximum atomic E-state index is 12.4. The number of carbonyl (C=O) groups excluding carboxylic acids is 2. The molecule has 0 spiro atoms. The lowest BCUT2D eigenvalue weighted by Gasteiger charge is -2.44. The lowest BCUT2D eigenvalue weighted by Crippen LogP contribution is -2.61. The maximum absolute atomic E-state index is 12.4. The zero-order valence-electron chi connectivity index (χ0n) is 16.1. The molecule has 4 heterocycles. The molecule has 8 heteroatoms. The van der Waals surface area contributed by atoms with Crippen molar-refractivity contribution in [1.82, 2.24) is 25.3 Å². The molecular weight excluding hydrogens is 356 g/mol. The summed E-state index contributed by atoms with van der Waals surface area (Å²) in [4.78, 5) is 28.9. The Bertz CT molecular complexity index is 926. The van der Waals surface area contributed by atoms with E-state index in [-0.39, 0.29) is 11.8 Å². The molecule has 0 saturated carbocycles. The topological polar surface area (TPSA) is 82.5 Å². The summed E-state index contributed by atoms with van der Waals surface area (Å²) < 4.78 is 1.81. The molecule has 8 nitrogen and oxygen atoms in total. The fourth-order valence-corrected chi connectivity index (χ4v) is 4.63. The normalized spacial score (nSPS) is 24.5. The molecule has 2 N–H and O–H groups in total. The van der Waals surface area contributed by atoms with Gasteiger partial charge in [0.25, 0.3) is 5.91 Å². The van der Waals surface area contributed by atoms with Gasteiger partial charge >= 0.3 is 0 Å². The Labute approximate surface area is 163 Å². The fourth-order valence-electron chi connectivity index (χ4n) is 4.63. The molecule has 3 fully saturated rings. The number of fused-ring (bicyclic) bond motifs is 1. The van der Waals surface area contributed by atoms with E-state index in [0.717, 1.165) is 55.9 Å². The van der Waals surface area contributed by atoms with Crippen LogP contribution < -0.4 is 15.5 Å². The Hall–Kier alpha value is -2.45. The second kappa shape index (κ2) is 6.86. The number of nitrogens with zero attached hydrogens (tertiary/aromatic N) is 4. The number of amides is 2. The lowest BCUT2D eigenvalue weighted by atomic mass is 10.1. The van der Waals surface area contributed by atoms with Gasteiger partial charge in [0.05, 0.1) is 11.2 Å². The largest absolute Gasteiger partial charge is 0.368 e. The molecule has 5 rings (SSSR count). The number of aryl methyl sites for hydroxylation is 1. The van der Waals surface area contributed by atoms with Crippen LogP contribution in [0, 0.1) is 6.92 Å². The molecule has 148 valence electrons. The van der Waals surface area contributed by atoms with Gasteiger partial charge in [0.2, 0.25) is 5.91 Å². The summed E-state index contributed by atoms with van der Waals surface area (Å²) in [7, 11) is 0. The number of piperazine rings is 1. The van der Waals surface area contributed by atoms with E-state index < -0.39 is 6.04 Å². The van der Waals surface area contributed by atoms with Gasteiger partial charge in [-0.3, -0.25) is 24.5 Å². The quantitative estimate of drug-likeness (QED) is 0.749. The van der Waals surface area contributed by atoms with Crippen molar-refractivity contribution in [3.8, 4) is 0 Å². The van der Waals surface area contributed by atoms with Crippen LogP contribution in [-0.4, -0.2) is 71.8 Å². The van der Waals surface area contributed by atoms with E-state index in [4.69, 9.17) is 5.10 Å². The van der Waals surface area contributed by atoms with Gasteiger partial charge in [0.1, 0.15) is 6.04 Å². The van der Waals surface area contributed by atoms with Gasteiger partial charge in [-0.15, -0.1) is 0 Å². The molecule has 3 aliphatic heterocycles. The van der Waals surface area contributed by atoms with Gasteiger partial charge in [-0.25, -0.2) is 0 Å². The molecule has 2 aromatic rings. The molecule has 1 aromatic heterocycles. The van der Waals surface area contributed by atoms with Crippen molar-refractivity contribution in [3.05, 3.63) is 23.9 Å². The first-order valence-corrected chi connectivity index (χ1v) is 10.1. The lowest BCUT2D eigenvalue weighted by molar-refractivity contribution is -0.135. The third-order valence-corrected chi connectivity index (χ3v) is 6.32. The summed E-state index contributed by atoms with van der Waals surface area (Å²) >= 11 is 0. The van der Waals surface area contributed by atoms with E-state index in [9.17, 15) is 9.59 Å². The Morgan fingerprint density at radius 2 is 1.89 bits per heavy atom. The van der Waals surface area contributed by atoms with Gasteiger partial charge in [0.15, 0.2) is 0 Å². The van der Waals surface area contributed by atoms with E-state index >= 15 is 0 Å². The van der Waals surface area contributed by atoms with E-state index in [2.05, 4.69) is 26.5 Å². The van der Waals surface area contributed by atoms with Crippen molar-refractivity contribution in [2.45, 2.75) is 31.8 Å². The van der Waals surface area contributed by atoms with Crippen LogP contribution in [0.1, 0.15) is 24.6 Å². The number of carbonyl (C=O) groups is 2. The zero-order valence-corrected chi connectivity index (χ0v) is 16.1. The number of nitrogens with one attached hydrogen (secondary N) is 2. The highest BCUT2D eigenvalue weighted by Gasteiger charge is 2.32. The van der Waals surface area contributed by atoms with Gasteiger partial charge < -0.3 is 10.2 Å². The summed E-state index contributed by atoms with van der Waals surface area (Å²) in [5.41, 5.74) is 3.09. The number of anilines is 1. The van der Waals surface area contributed by atoms with Gasteiger partial charge in [0, 0.05) is 62.8 Å². The average molecular weight is 382 g/mol. The molecule has 3 saturated heterocycles. The summed E-state index contributed by atoms with van der Waals surface area (Å²) in [5.74, 6) is -0.455. The van der Waals surface area contributed by atoms with Gasteiger partial charge in [-0.2, -0.15) is 5.10 Å². The molecule has 1 atom stereocenters. The minimum Gasteiger partial charge on any atom is -0.368 e. The number of imide groups is 1. The van der Waals surface area contributed by atoms with Crippen molar-refractivity contribution in [2.24, 2.45) is 0 Å². The molecule has 0 aliphatic carbocycles. The van der Waals surface area contributed by atoms with E-state index in [1.165, 1.54) is 5.69 Å². The fraction of sp³-hybridized carbons (Fsp3) is 0.550. The first-order valence-electron chi connectivity index (χ1n) is 10.1. The third-order valence-electron chi connectivity index (χ3n) is 6.32. The molecular formula is C20H26N6O2. The van der Waals surface area contributed by atoms with E-state index in [1.807, 2.05) is 23.7 Å². The van der Waals surface area contributed by atoms with E-state index in [0.29, 0.717) is 18.9 Å². The summed E-state index contributed by atoms with van der Waals surface area (Å²) in [6, 6.07) is 6.50. The maximum Gasteiger partial charge on any atom is 0.251 e. The highest BCUT2D eigenvalue weighted by molar-refractivity contribution is 6.01. The van der Waals surface area contributed by atoms with Crippen molar-refractivity contribution in [3.63, 3.8) is 0 Å². The Morgan fingerprint density at radius 1 is 1.11 bits per heavy atom. The predicted molar refractivity (Wildman–Crippen MR) is 106 cm³/mol. The first kappa shape index (κ1) is 17.6. The summed E-state index contributed by atoms with van der Waals surface area (Å²) in [6.07, 6.45) is 0.855. The van der Waals surface area contributed by atoms with Crippen LogP contribution in [0.4, 0.5) is 5.69 Å². The van der Waals surface area contributed by atoms with Crippen LogP contribution >= 0.6 is 0 Å². The third kappa shape index (κ3) is 2.87. The standard InChI is InChI=1S/C20H26N6O2/c1-13-19-15(25-9-7-24(8-10-25)14-11-21-12-14)3-2-4-16(19)26(23-13)17-5-6-18(27)22-20(17)28/h2-4,14,17,21H,5-12H2,1H3,(H,22,27,28). The van der Waals surface area contributed by atoms with Crippen LogP contribution in [0.15, 0.2) is 18.2 Å². The van der Waals surface area contributed by atoms with Crippen molar-refractivity contribution in [1.29, 1.82) is 0 Å². The van der Waals surface area contributed by atoms with Crippen LogP contribution in [-0.2, 0) is 9.59 Å². The highest BCUT2D eigenvalue weighted by Crippen LogP contribution is 2.33. The molecule has 0 bridgehead atoms. The van der Waals surface area contributed by atoms with Gasteiger partial charge in [-0.05, 0) is 25.5 Å². The molecule has 3 aliphatic rings. The molecule has 28 heavy (non-hydrogen) atoms. The predicted octanol–water partition coefficient (Wildman–Crippen LogP) is 0.416. The number of piperidine rings is 1. The number of rotatable bonds is 3. The second-order valence-corrected chi connectivity index (χ2v) is 8.00. The second-order valence-electron chi connectivity index (χ2n) is 8.00. The number of hydrogen-bond acceptors (Lipinski definition) is 6. The first-order chi connectivity index (χ1) is 13.6. The number of aromatic nitrogens is 2. The Morgan fingerprint density at radius 3 is 2.57 bits per heavy atom. The minimum atomic E-state index is -0.424. The number of hydrogen-bond donors (Lipinski definition) is 2. The van der Waals surface area contributed by atoms with E-state index in [1.54, 1.807) is 0 Å². The number of benzene rings is 1. The molecule has 2 amide bonds. The molecule has 1 unspecified atom stereocenters. The SMILES string of the molecule is Cc1nn(C2CCC(=O)NC2=O)c2cccc(N3CCN(C4CNC4)CC3)c12. The summed E-state index contributed by atoms with van der Waals surface area (Å²) in [6.45, 7) is 8.36. The Balaban J connectivity index is 1.44. The average Bonchev–Trinajstić information content (AvgIpc) is 2.98. The Kier molecular flexibility index (Phi) is 4.32. The summed E-state index contributed by atoms with van der Waals surface area (Å²) in [5, 5.41) is 11.6. The minimum absolute atomic E-state index is 0.199. The van der Waals surface area contributed by atoms with Crippen molar-refractivity contribution in [2.75, 3.05) is 44.2 Å². The van der Waals surface area contributed by atoms with Crippen LogP contribution in [0.3, 0.4) is 0 Å². The smallest absolute Gasteiger partial charge is 0.251 e. The van der Waals surface area contributed by atoms with Gasteiger partial charge in [-0.1, -0.05) is 6.07 Å². The van der Waals surface area contributed by atoms with Crippen LogP contribution in [0.2, 0.25) is 0 Å². The monoisotopic (exact) mass is 382 g/mol. The highest BCUT2D eigenvalue weighted by atomic mass is 16.2. The van der Waals surface area contributed by atoms with Crippen LogP contribution in [0.5, 0.6) is 0 Å². The zero-order chi connectivity index (χ0) is 19.3.